The van der Waals surface area contributed by atoms with E-state index in [9.17, 15) is 18.0 Å². The van der Waals surface area contributed by atoms with Gasteiger partial charge in [0.15, 0.2) is 11.6 Å². The summed E-state index contributed by atoms with van der Waals surface area (Å²) in [6, 6.07) is 7.23. The lowest BCUT2D eigenvalue weighted by atomic mass is 10.2. The maximum Gasteiger partial charge on any atom is 0.350 e. The fourth-order valence-electron chi connectivity index (χ4n) is 1.86. The highest BCUT2D eigenvalue weighted by atomic mass is 19.2. The average Bonchev–Trinajstić information content (AvgIpc) is 2.41. The molecule has 0 amide bonds. The molecule has 0 bridgehead atoms. The van der Waals surface area contributed by atoms with Crippen LogP contribution in [-0.2, 0) is 0 Å². The topological polar surface area (TPSA) is 43.1 Å². The zero-order chi connectivity index (χ0) is 14.3. The molecule has 0 fully saturated rings. The van der Waals surface area contributed by atoms with E-state index in [1.165, 1.54) is 24.3 Å². The van der Waals surface area contributed by atoms with Crippen LogP contribution in [-0.4, -0.2) is 4.98 Å². The second-order valence-corrected chi connectivity index (χ2v) is 4.04. The molecular weight excluding hydrogens is 271 g/mol. The zero-order valence-electron chi connectivity index (χ0n) is 9.86. The number of hydrogen-bond acceptors (Lipinski definition) is 3. The Morgan fingerprint density at radius 1 is 0.950 bits per heavy atom. The molecule has 0 aliphatic carbocycles. The first-order valence-electron chi connectivity index (χ1n) is 5.61. The molecule has 0 atom stereocenters. The average molecular weight is 277 g/mol. The molecule has 3 nitrogen and oxygen atoms in total. The third-order valence-electron chi connectivity index (χ3n) is 2.79. The van der Waals surface area contributed by atoms with Crippen molar-refractivity contribution in [3.63, 3.8) is 0 Å². The van der Waals surface area contributed by atoms with E-state index in [1.54, 1.807) is 0 Å². The molecule has 1 aromatic heterocycles. The van der Waals surface area contributed by atoms with Crippen molar-refractivity contribution >= 4 is 10.9 Å². The highest BCUT2D eigenvalue weighted by molar-refractivity contribution is 5.79. The number of halogens is 3. The largest absolute Gasteiger partial charge is 0.403 e. The Hall–Kier alpha value is -2.63. The Labute approximate surface area is 110 Å². The summed E-state index contributed by atoms with van der Waals surface area (Å²) in [6.07, 6.45) is 0. The predicted octanol–water partition coefficient (Wildman–Crippen LogP) is 3.27. The Balaban J connectivity index is 2.34. The molecule has 0 aliphatic heterocycles. The van der Waals surface area contributed by atoms with Crippen LogP contribution in [0.2, 0.25) is 0 Å². The van der Waals surface area contributed by atoms with Crippen LogP contribution in [0.3, 0.4) is 0 Å². The maximum atomic E-state index is 13.6. The molecule has 0 aliphatic rings. The SMILES string of the molecule is O=c1oc(-c2cccc(F)c2F)nc2cccc(F)c12. The van der Waals surface area contributed by atoms with Crippen LogP contribution in [0.1, 0.15) is 0 Å². The molecular formula is C14H6F3NO2. The second kappa shape index (κ2) is 4.48. The van der Waals surface area contributed by atoms with Gasteiger partial charge in [0.25, 0.3) is 0 Å². The molecule has 3 rings (SSSR count). The van der Waals surface area contributed by atoms with Gasteiger partial charge in [0.05, 0.1) is 11.1 Å². The number of aromatic nitrogens is 1. The monoisotopic (exact) mass is 277 g/mol. The van der Waals surface area contributed by atoms with Gasteiger partial charge >= 0.3 is 5.63 Å². The molecule has 0 N–H and O–H groups in total. The van der Waals surface area contributed by atoms with Crippen LogP contribution in [0.15, 0.2) is 45.6 Å². The summed E-state index contributed by atoms with van der Waals surface area (Å²) in [6.45, 7) is 0. The van der Waals surface area contributed by atoms with Crippen LogP contribution in [0.4, 0.5) is 13.2 Å². The van der Waals surface area contributed by atoms with Gasteiger partial charge in [0.2, 0.25) is 5.89 Å². The highest BCUT2D eigenvalue weighted by Gasteiger charge is 2.16. The van der Waals surface area contributed by atoms with Crippen molar-refractivity contribution in [1.82, 2.24) is 4.98 Å². The van der Waals surface area contributed by atoms with Gasteiger partial charge in [-0.3, -0.25) is 0 Å². The molecule has 1 heterocycles. The van der Waals surface area contributed by atoms with Gasteiger partial charge in [-0.1, -0.05) is 12.1 Å². The van der Waals surface area contributed by atoms with E-state index >= 15 is 0 Å². The van der Waals surface area contributed by atoms with Gasteiger partial charge in [0.1, 0.15) is 11.2 Å². The quantitative estimate of drug-likeness (QED) is 0.685. The van der Waals surface area contributed by atoms with E-state index in [-0.39, 0.29) is 16.5 Å². The van der Waals surface area contributed by atoms with Crippen LogP contribution in [0.25, 0.3) is 22.4 Å². The van der Waals surface area contributed by atoms with E-state index in [2.05, 4.69) is 4.98 Å². The summed E-state index contributed by atoms with van der Waals surface area (Å²) in [5, 5.41) is -0.326. The minimum Gasteiger partial charge on any atom is -0.403 e. The van der Waals surface area contributed by atoms with E-state index in [1.807, 2.05) is 0 Å². The third-order valence-corrected chi connectivity index (χ3v) is 2.79. The summed E-state index contributed by atoms with van der Waals surface area (Å²) in [5.74, 6) is -3.45. The predicted molar refractivity (Wildman–Crippen MR) is 65.6 cm³/mol. The van der Waals surface area contributed by atoms with Crippen LogP contribution in [0.5, 0.6) is 0 Å². The maximum absolute atomic E-state index is 13.6. The van der Waals surface area contributed by atoms with Crippen LogP contribution >= 0.6 is 0 Å². The lowest BCUT2D eigenvalue weighted by molar-refractivity contribution is 0.487. The Kier molecular flexibility index (Phi) is 2.78. The van der Waals surface area contributed by atoms with Crippen LogP contribution < -0.4 is 5.63 Å². The van der Waals surface area contributed by atoms with Crippen molar-refractivity contribution in [1.29, 1.82) is 0 Å². The number of benzene rings is 2. The van der Waals surface area contributed by atoms with Gasteiger partial charge in [-0.05, 0) is 24.3 Å². The van der Waals surface area contributed by atoms with Gasteiger partial charge in [-0.15, -0.1) is 0 Å². The molecule has 100 valence electrons. The molecule has 0 saturated heterocycles. The van der Waals surface area contributed by atoms with Crippen molar-refractivity contribution in [2.75, 3.05) is 0 Å². The summed E-state index contributed by atoms with van der Waals surface area (Å²) in [4.78, 5) is 15.6. The van der Waals surface area contributed by atoms with Crippen molar-refractivity contribution in [3.8, 4) is 11.5 Å². The van der Waals surface area contributed by atoms with E-state index in [0.717, 1.165) is 12.1 Å². The number of rotatable bonds is 1. The molecule has 20 heavy (non-hydrogen) atoms. The van der Waals surface area contributed by atoms with E-state index in [4.69, 9.17) is 4.42 Å². The molecule has 3 aromatic rings. The Morgan fingerprint density at radius 2 is 1.65 bits per heavy atom. The van der Waals surface area contributed by atoms with E-state index < -0.39 is 29.0 Å². The minimum absolute atomic E-state index is 0.0138. The lowest BCUT2D eigenvalue weighted by Gasteiger charge is -2.03. The summed E-state index contributed by atoms with van der Waals surface area (Å²) in [5.41, 5.74) is -1.28. The molecule has 6 heteroatoms. The van der Waals surface area contributed by atoms with Crippen molar-refractivity contribution in [3.05, 3.63) is 64.3 Å². The molecule has 0 radical (unpaired) electrons. The van der Waals surface area contributed by atoms with Crippen molar-refractivity contribution in [2.45, 2.75) is 0 Å². The fraction of sp³-hybridized carbons (Fsp3) is 0. The van der Waals surface area contributed by atoms with Gasteiger partial charge < -0.3 is 4.42 Å². The number of hydrogen-bond donors (Lipinski definition) is 0. The molecule has 2 aromatic carbocycles. The normalized spacial score (nSPS) is 10.9. The van der Waals surface area contributed by atoms with Gasteiger partial charge in [-0.25, -0.2) is 22.9 Å². The zero-order valence-corrected chi connectivity index (χ0v) is 9.86. The standard InChI is InChI=1S/C14H6F3NO2/c15-8-4-2-6-10-11(8)14(19)20-13(18-10)7-3-1-5-9(16)12(7)17/h1-6H. The first-order chi connectivity index (χ1) is 9.58. The van der Waals surface area contributed by atoms with Crippen LogP contribution in [0, 0.1) is 17.5 Å². The highest BCUT2D eigenvalue weighted by Crippen LogP contribution is 2.23. The summed E-state index contributed by atoms with van der Waals surface area (Å²) in [7, 11) is 0. The second-order valence-electron chi connectivity index (χ2n) is 4.04. The lowest BCUT2D eigenvalue weighted by Crippen LogP contribution is -2.06. The minimum atomic E-state index is -1.18. The van der Waals surface area contributed by atoms with E-state index in [0.29, 0.717) is 0 Å². The fourth-order valence-corrected chi connectivity index (χ4v) is 1.86. The Morgan fingerprint density at radius 3 is 2.45 bits per heavy atom. The third kappa shape index (κ3) is 1.85. The summed E-state index contributed by atoms with van der Waals surface area (Å²) >= 11 is 0. The van der Waals surface area contributed by atoms with Gasteiger partial charge in [0, 0.05) is 0 Å². The van der Waals surface area contributed by atoms with Gasteiger partial charge in [-0.2, -0.15) is 0 Å². The first-order valence-corrected chi connectivity index (χ1v) is 5.61. The number of fused-ring (bicyclic) bond motifs is 1. The molecule has 0 saturated carbocycles. The Bertz CT molecular complexity index is 874. The smallest absolute Gasteiger partial charge is 0.350 e. The number of nitrogens with zero attached hydrogens (tertiary/aromatic N) is 1. The molecule has 0 spiro atoms. The first kappa shape index (κ1) is 12.4. The van der Waals surface area contributed by atoms with Crippen molar-refractivity contribution < 1.29 is 17.6 Å². The molecule has 0 unspecified atom stereocenters. The summed E-state index contributed by atoms with van der Waals surface area (Å²) < 4.78 is 45.1. The van der Waals surface area contributed by atoms with Crippen molar-refractivity contribution in [2.24, 2.45) is 0 Å².